The van der Waals surface area contributed by atoms with Crippen molar-refractivity contribution < 1.29 is 37.6 Å². The number of hydrogen-bond acceptors (Lipinski definition) is 8. The molecule has 0 fully saturated rings. The maximum atomic E-state index is 12.8. The zero-order valence-corrected chi connectivity index (χ0v) is 64.8. The molecule has 0 bridgehead atoms. The molecule has 0 rings (SSSR count). The first kappa shape index (κ1) is 94.6. The predicted molar refractivity (Wildman–Crippen MR) is 431 cm³/mol. The molecule has 2 unspecified atom stereocenters. The van der Waals surface area contributed by atoms with Crippen LogP contribution in [0.1, 0.15) is 361 Å². The maximum Gasteiger partial charge on any atom is 0.472 e. The summed E-state index contributed by atoms with van der Waals surface area (Å²) < 4.78 is 33.3. The Morgan fingerprint density at radius 1 is 0.303 bits per heavy atom. The van der Waals surface area contributed by atoms with Gasteiger partial charge in [-0.25, -0.2) is 4.57 Å². The lowest BCUT2D eigenvalue weighted by atomic mass is 10.0. The van der Waals surface area contributed by atoms with E-state index < -0.39 is 26.5 Å². The van der Waals surface area contributed by atoms with E-state index in [1.165, 1.54) is 205 Å². The van der Waals surface area contributed by atoms with Crippen LogP contribution in [-0.4, -0.2) is 49.3 Å². The number of hydrogen-bond donors (Lipinski definition) is 2. The van der Waals surface area contributed by atoms with Crippen molar-refractivity contribution in [3.8, 4) is 0 Å². The fourth-order valence-electron chi connectivity index (χ4n) is 11.4. The largest absolute Gasteiger partial charge is 0.472 e. The highest BCUT2D eigenvalue weighted by molar-refractivity contribution is 7.47. The lowest BCUT2D eigenvalue weighted by Crippen LogP contribution is -2.29. The molecular formula is C89H152NO8P. The molecule has 0 amide bonds. The summed E-state index contributed by atoms with van der Waals surface area (Å²) >= 11 is 0. The van der Waals surface area contributed by atoms with Gasteiger partial charge >= 0.3 is 19.8 Å². The summed E-state index contributed by atoms with van der Waals surface area (Å²) in [5, 5.41) is 0. The van der Waals surface area contributed by atoms with Gasteiger partial charge in [-0.15, -0.1) is 0 Å². The number of allylic oxidation sites excluding steroid dienone is 26. The Balaban J connectivity index is 3.81. The summed E-state index contributed by atoms with van der Waals surface area (Å²) in [6.45, 7) is 3.55. The summed E-state index contributed by atoms with van der Waals surface area (Å²) in [6.07, 6.45) is 121. The van der Waals surface area contributed by atoms with Crippen LogP contribution in [0.2, 0.25) is 0 Å². The van der Waals surface area contributed by atoms with Crippen LogP contribution < -0.4 is 5.73 Å². The van der Waals surface area contributed by atoms with Crippen molar-refractivity contribution in [3.05, 3.63) is 158 Å². The van der Waals surface area contributed by atoms with E-state index in [4.69, 9.17) is 24.3 Å². The minimum atomic E-state index is -4.40. The van der Waals surface area contributed by atoms with E-state index in [1.54, 1.807) is 0 Å². The van der Waals surface area contributed by atoms with E-state index in [1.807, 2.05) is 0 Å². The molecule has 0 saturated carbocycles. The molecule has 0 aliphatic carbocycles. The van der Waals surface area contributed by atoms with Crippen LogP contribution in [0.5, 0.6) is 0 Å². The highest BCUT2D eigenvalue weighted by Crippen LogP contribution is 2.43. The Morgan fingerprint density at radius 2 is 0.525 bits per heavy atom. The first-order valence-electron chi connectivity index (χ1n) is 41.0. The normalized spacial score (nSPS) is 13.7. The van der Waals surface area contributed by atoms with E-state index in [-0.39, 0.29) is 38.6 Å². The first-order chi connectivity index (χ1) is 48.8. The van der Waals surface area contributed by atoms with Crippen LogP contribution in [-0.2, 0) is 32.7 Å². The van der Waals surface area contributed by atoms with Crippen LogP contribution in [0, 0.1) is 0 Å². The second kappa shape index (κ2) is 82.6. The van der Waals surface area contributed by atoms with Crippen LogP contribution in [0.15, 0.2) is 158 Å². The van der Waals surface area contributed by atoms with Gasteiger partial charge in [0.25, 0.3) is 0 Å². The summed E-state index contributed by atoms with van der Waals surface area (Å²) in [5.41, 5.74) is 5.42. The van der Waals surface area contributed by atoms with E-state index in [0.29, 0.717) is 6.42 Å². The Labute approximate surface area is 610 Å². The minimum absolute atomic E-state index is 0.0502. The smallest absolute Gasteiger partial charge is 0.462 e. The van der Waals surface area contributed by atoms with Gasteiger partial charge in [-0.2, -0.15) is 0 Å². The van der Waals surface area contributed by atoms with Gasteiger partial charge in [-0.3, -0.25) is 18.6 Å². The SMILES string of the molecule is CC/C=C\C/C=C\C/C=C\C/C=C\C/C=C\C/C=C\C/C=C\CCCCCCCCCCCCCCCCCCCC(=O)OC(COC(=O)CCCCCCCCCCCCCCCCCCCCCC/C=C\C/C=C\C/C=C\C/C=C\C/C=C\C/C=C\CC)COP(=O)(O)OCCN. The molecule has 0 heterocycles. The van der Waals surface area contributed by atoms with E-state index in [2.05, 4.69) is 172 Å². The molecule has 0 aromatic rings. The quantitative estimate of drug-likeness (QED) is 0.0264. The summed E-state index contributed by atoms with van der Waals surface area (Å²) in [5.74, 6) is -0.817. The molecule has 0 aliphatic rings. The van der Waals surface area contributed by atoms with Gasteiger partial charge in [0.15, 0.2) is 6.10 Å². The third-order valence-electron chi connectivity index (χ3n) is 17.4. The van der Waals surface area contributed by atoms with Crippen molar-refractivity contribution >= 4 is 19.8 Å². The van der Waals surface area contributed by atoms with Gasteiger partial charge in [0.1, 0.15) is 6.61 Å². The average molecular weight is 1400 g/mol. The standard InChI is InChI=1S/C89H152NO8P/c1-3-5-7-9-11-13-15-17-19-21-23-25-27-29-31-33-35-37-39-41-43-45-47-49-51-53-55-57-59-61-63-65-67-69-71-73-75-77-79-81-88(91)95-85-87(86-97-99(93,94)96-84-83-90)98-89(92)82-80-78-76-74-72-70-68-66-64-62-60-58-56-54-52-50-48-46-44-42-40-38-36-34-32-30-28-26-24-22-20-18-16-14-12-10-8-6-4-2/h5-8,11-14,17-20,23-26,29-32,35-38,42,44,87H,3-4,9-10,15-16,21-22,27-28,33-34,39-41,43,45-86,90H2,1-2H3,(H,93,94)/b7-5-,8-6-,13-11-,14-12-,19-17-,20-18-,25-23-,26-24-,31-29-,32-30-,37-35-,38-36-,44-42-. The van der Waals surface area contributed by atoms with Crippen LogP contribution in [0.4, 0.5) is 0 Å². The Bertz CT molecular complexity index is 2190. The number of phosphoric acid groups is 1. The second-order valence-electron chi connectivity index (χ2n) is 26.9. The molecule has 566 valence electrons. The molecule has 0 aliphatic heterocycles. The van der Waals surface area contributed by atoms with Crippen molar-refractivity contribution in [2.24, 2.45) is 5.73 Å². The van der Waals surface area contributed by atoms with Crippen molar-refractivity contribution in [2.45, 2.75) is 367 Å². The van der Waals surface area contributed by atoms with Crippen LogP contribution in [0.25, 0.3) is 0 Å². The van der Waals surface area contributed by atoms with Crippen LogP contribution in [0.3, 0.4) is 0 Å². The van der Waals surface area contributed by atoms with Gasteiger partial charge < -0.3 is 20.1 Å². The zero-order chi connectivity index (χ0) is 71.5. The number of carbonyl (C=O) groups is 2. The lowest BCUT2D eigenvalue weighted by Gasteiger charge is -2.19. The molecule has 2 atom stereocenters. The third-order valence-corrected chi connectivity index (χ3v) is 18.4. The molecule has 0 spiro atoms. The summed E-state index contributed by atoms with van der Waals surface area (Å²) in [6, 6.07) is 0. The zero-order valence-electron chi connectivity index (χ0n) is 63.9. The topological polar surface area (TPSA) is 134 Å². The van der Waals surface area contributed by atoms with E-state index >= 15 is 0 Å². The fourth-order valence-corrected chi connectivity index (χ4v) is 12.2. The summed E-state index contributed by atoms with van der Waals surface area (Å²) in [4.78, 5) is 35.5. The number of phosphoric ester groups is 1. The number of rotatable bonds is 76. The monoisotopic (exact) mass is 1390 g/mol. The van der Waals surface area contributed by atoms with Crippen molar-refractivity contribution in [1.82, 2.24) is 0 Å². The van der Waals surface area contributed by atoms with Gasteiger partial charge in [-0.1, -0.05) is 384 Å². The maximum absolute atomic E-state index is 12.8. The van der Waals surface area contributed by atoms with E-state index in [0.717, 1.165) is 122 Å². The second-order valence-corrected chi connectivity index (χ2v) is 28.3. The van der Waals surface area contributed by atoms with Gasteiger partial charge in [0.05, 0.1) is 13.2 Å². The fraction of sp³-hybridized carbons (Fsp3) is 0.685. The van der Waals surface area contributed by atoms with Crippen molar-refractivity contribution in [3.63, 3.8) is 0 Å². The molecule has 9 nitrogen and oxygen atoms in total. The van der Waals surface area contributed by atoms with Gasteiger partial charge in [0, 0.05) is 19.4 Å². The molecule has 0 aromatic carbocycles. The van der Waals surface area contributed by atoms with Crippen molar-refractivity contribution in [2.75, 3.05) is 26.4 Å². The summed E-state index contributed by atoms with van der Waals surface area (Å²) in [7, 11) is -4.40. The predicted octanol–water partition coefficient (Wildman–Crippen LogP) is 27.9. The molecule has 3 N–H and O–H groups in total. The highest BCUT2D eigenvalue weighted by Gasteiger charge is 2.26. The Morgan fingerprint density at radius 3 is 0.778 bits per heavy atom. The number of carbonyl (C=O) groups excluding carboxylic acids is 2. The Kier molecular flexibility index (Phi) is 78.9. The Hall–Kier alpha value is -4.37. The minimum Gasteiger partial charge on any atom is -0.462 e. The third kappa shape index (κ3) is 82.5. The highest BCUT2D eigenvalue weighted by atomic mass is 31.2. The molecule has 99 heavy (non-hydrogen) atoms. The number of nitrogens with two attached hydrogens (primary N) is 1. The molecule has 0 radical (unpaired) electrons. The number of unbranched alkanes of at least 4 members (excludes halogenated alkanes) is 37. The first-order valence-corrected chi connectivity index (χ1v) is 42.5. The number of ether oxygens (including phenoxy) is 2. The van der Waals surface area contributed by atoms with E-state index in [9.17, 15) is 19.0 Å². The molecule has 0 saturated heterocycles. The van der Waals surface area contributed by atoms with Crippen LogP contribution >= 0.6 is 7.82 Å². The average Bonchev–Trinajstić information content (AvgIpc) is 1.35. The van der Waals surface area contributed by atoms with Gasteiger partial charge in [-0.05, 0) is 122 Å². The molecular weight excluding hydrogens is 1240 g/mol. The lowest BCUT2D eigenvalue weighted by molar-refractivity contribution is -0.161. The van der Waals surface area contributed by atoms with Gasteiger partial charge in [0.2, 0.25) is 0 Å². The molecule has 10 heteroatoms. The van der Waals surface area contributed by atoms with Crippen molar-refractivity contribution in [1.29, 1.82) is 0 Å². The molecule has 0 aromatic heterocycles. The number of esters is 2.